The van der Waals surface area contributed by atoms with Gasteiger partial charge in [-0.2, -0.15) is 0 Å². The number of piperidine rings is 1. The zero-order valence-electron chi connectivity index (χ0n) is 8.61. The minimum atomic E-state index is -0.775. The first-order valence-electron chi connectivity index (χ1n) is 5.63. The Morgan fingerprint density at radius 3 is 2.20 bits per heavy atom. The Balaban J connectivity index is 1.80. The van der Waals surface area contributed by atoms with Gasteiger partial charge < -0.3 is 10.0 Å². The first-order chi connectivity index (χ1) is 7.10. The summed E-state index contributed by atoms with van der Waals surface area (Å²) in [5, 5.41) is 9.09. The summed E-state index contributed by atoms with van der Waals surface area (Å²) in [6.07, 6.45) is 4.45. The average molecular weight is 209 g/mol. The molecule has 0 aromatic carbocycles. The predicted octanol–water partition coefficient (Wildman–Crippen LogP) is 1.64. The smallest absolute Gasteiger partial charge is 0.407 e. The summed E-state index contributed by atoms with van der Waals surface area (Å²) < 4.78 is 0. The second-order valence-corrected chi connectivity index (χ2v) is 5.38. The Hall–Kier alpha value is -1.06. The van der Waals surface area contributed by atoms with E-state index >= 15 is 0 Å². The number of hydrogen-bond donors (Lipinski definition) is 1. The molecule has 0 radical (unpaired) electrons. The van der Waals surface area contributed by atoms with Crippen LogP contribution in [-0.2, 0) is 4.79 Å². The fourth-order valence-electron chi connectivity index (χ4n) is 3.83. The summed E-state index contributed by atoms with van der Waals surface area (Å²) in [7, 11) is 0. The molecular weight excluding hydrogens is 194 g/mol. The molecule has 2 atom stereocenters. The van der Waals surface area contributed by atoms with E-state index < -0.39 is 6.09 Å². The molecule has 1 aliphatic carbocycles. The van der Waals surface area contributed by atoms with E-state index in [1.807, 2.05) is 0 Å². The third kappa shape index (κ3) is 1.20. The van der Waals surface area contributed by atoms with Gasteiger partial charge in [-0.15, -0.1) is 0 Å². The van der Waals surface area contributed by atoms with Crippen molar-refractivity contribution in [3.8, 4) is 0 Å². The highest BCUT2D eigenvalue weighted by molar-refractivity contribution is 5.86. The molecule has 1 amide bonds. The number of nitrogens with zero attached hydrogens (tertiary/aromatic N) is 1. The molecule has 3 rings (SSSR count). The van der Waals surface area contributed by atoms with Crippen molar-refractivity contribution in [2.24, 2.45) is 5.41 Å². The van der Waals surface area contributed by atoms with Crippen molar-refractivity contribution in [2.75, 3.05) is 0 Å². The topological polar surface area (TPSA) is 57.6 Å². The largest absolute Gasteiger partial charge is 0.465 e. The van der Waals surface area contributed by atoms with Gasteiger partial charge in [0, 0.05) is 24.9 Å². The summed E-state index contributed by atoms with van der Waals surface area (Å²) in [5.74, 6) is 0.359. The molecule has 0 aromatic rings. The molecule has 2 unspecified atom stereocenters. The molecule has 4 nitrogen and oxygen atoms in total. The molecule has 15 heavy (non-hydrogen) atoms. The Labute approximate surface area is 88.2 Å². The highest BCUT2D eigenvalue weighted by atomic mass is 16.4. The zero-order valence-corrected chi connectivity index (χ0v) is 8.61. The maximum absolute atomic E-state index is 11.1. The van der Waals surface area contributed by atoms with Crippen LogP contribution in [0.3, 0.4) is 0 Å². The molecule has 0 aromatic heterocycles. The van der Waals surface area contributed by atoms with Crippen molar-refractivity contribution >= 4 is 11.9 Å². The lowest BCUT2D eigenvalue weighted by Crippen LogP contribution is -2.54. The number of carbonyl (C=O) groups is 2. The van der Waals surface area contributed by atoms with Crippen LogP contribution in [0.1, 0.15) is 38.5 Å². The number of Topliss-reactive ketones (excluding diaryl/α,β-unsaturated/α-hetero) is 1. The fourth-order valence-corrected chi connectivity index (χ4v) is 3.83. The van der Waals surface area contributed by atoms with Crippen LogP contribution in [-0.4, -0.2) is 34.0 Å². The third-order valence-electron chi connectivity index (χ3n) is 4.32. The van der Waals surface area contributed by atoms with Crippen LogP contribution in [0.25, 0.3) is 0 Å². The van der Waals surface area contributed by atoms with Crippen molar-refractivity contribution in [1.29, 1.82) is 0 Å². The van der Waals surface area contributed by atoms with Gasteiger partial charge in [-0.05, 0) is 31.1 Å². The SMILES string of the molecule is O=C1CC2(C1)CC1CCC(C2)N1C(=O)O. The van der Waals surface area contributed by atoms with Crippen molar-refractivity contribution in [2.45, 2.75) is 50.6 Å². The van der Waals surface area contributed by atoms with E-state index in [4.69, 9.17) is 5.11 Å². The quantitative estimate of drug-likeness (QED) is 0.659. The Bertz CT molecular complexity index is 315. The lowest BCUT2D eigenvalue weighted by molar-refractivity contribution is -0.137. The monoisotopic (exact) mass is 209 g/mol. The molecule has 4 heteroatoms. The summed E-state index contributed by atoms with van der Waals surface area (Å²) in [4.78, 5) is 23.8. The van der Waals surface area contributed by atoms with E-state index in [9.17, 15) is 9.59 Å². The van der Waals surface area contributed by atoms with E-state index in [1.165, 1.54) is 0 Å². The lowest BCUT2D eigenvalue weighted by atomic mass is 9.60. The van der Waals surface area contributed by atoms with Gasteiger partial charge in [-0.25, -0.2) is 4.79 Å². The summed E-state index contributed by atoms with van der Waals surface area (Å²) in [6, 6.07) is 0.378. The van der Waals surface area contributed by atoms with E-state index in [2.05, 4.69) is 0 Å². The van der Waals surface area contributed by atoms with E-state index in [1.54, 1.807) is 4.90 Å². The number of carbonyl (C=O) groups excluding carboxylic acids is 1. The first kappa shape index (κ1) is 9.19. The van der Waals surface area contributed by atoms with Crippen molar-refractivity contribution < 1.29 is 14.7 Å². The van der Waals surface area contributed by atoms with Crippen LogP contribution in [0.2, 0.25) is 0 Å². The maximum atomic E-state index is 11.1. The molecule has 2 bridgehead atoms. The molecule has 3 aliphatic rings. The maximum Gasteiger partial charge on any atom is 0.407 e. The van der Waals surface area contributed by atoms with Crippen LogP contribution in [0, 0.1) is 5.41 Å². The molecule has 1 N–H and O–H groups in total. The molecule has 2 aliphatic heterocycles. The molecular formula is C11H15NO3. The zero-order chi connectivity index (χ0) is 10.6. The normalized spacial score (nSPS) is 36.8. The number of hydrogen-bond acceptors (Lipinski definition) is 2. The molecule has 3 fully saturated rings. The van der Waals surface area contributed by atoms with E-state index in [0.717, 1.165) is 25.7 Å². The van der Waals surface area contributed by atoms with Gasteiger partial charge in [-0.1, -0.05) is 0 Å². The third-order valence-corrected chi connectivity index (χ3v) is 4.32. The molecule has 1 spiro atoms. The van der Waals surface area contributed by atoms with Crippen LogP contribution >= 0.6 is 0 Å². The van der Waals surface area contributed by atoms with Crippen LogP contribution < -0.4 is 0 Å². The number of rotatable bonds is 0. The Kier molecular flexibility index (Phi) is 1.68. The van der Waals surface area contributed by atoms with Gasteiger partial charge in [0.05, 0.1) is 0 Å². The minimum absolute atomic E-state index is 0.189. The molecule has 2 saturated heterocycles. The highest BCUT2D eigenvalue weighted by Gasteiger charge is 2.54. The van der Waals surface area contributed by atoms with E-state index in [-0.39, 0.29) is 17.5 Å². The fraction of sp³-hybridized carbons (Fsp3) is 0.818. The Morgan fingerprint density at radius 1 is 1.27 bits per heavy atom. The number of carboxylic acid groups (broad SMARTS) is 1. The predicted molar refractivity (Wildman–Crippen MR) is 52.6 cm³/mol. The second kappa shape index (κ2) is 2.74. The first-order valence-corrected chi connectivity index (χ1v) is 5.63. The summed E-state index contributed by atoms with van der Waals surface area (Å²) in [6.45, 7) is 0. The van der Waals surface area contributed by atoms with Crippen molar-refractivity contribution in [3.05, 3.63) is 0 Å². The lowest BCUT2D eigenvalue weighted by Gasteiger charge is -2.49. The van der Waals surface area contributed by atoms with Gasteiger partial charge in [-0.3, -0.25) is 4.79 Å². The Morgan fingerprint density at radius 2 is 1.80 bits per heavy atom. The number of ketones is 1. The summed E-state index contributed by atoms with van der Waals surface area (Å²) in [5.41, 5.74) is 0.189. The van der Waals surface area contributed by atoms with Crippen LogP contribution in [0.5, 0.6) is 0 Å². The highest BCUT2D eigenvalue weighted by Crippen LogP contribution is 2.54. The molecule has 2 heterocycles. The summed E-state index contributed by atoms with van der Waals surface area (Å²) >= 11 is 0. The van der Waals surface area contributed by atoms with Crippen molar-refractivity contribution in [3.63, 3.8) is 0 Å². The molecule has 82 valence electrons. The van der Waals surface area contributed by atoms with Gasteiger partial charge in [0.15, 0.2) is 0 Å². The number of fused-ring (bicyclic) bond motifs is 2. The average Bonchev–Trinajstić information content (AvgIpc) is 2.37. The van der Waals surface area contributed by atoms with Gasteiger partial charge >= 0.3 is 6.09 Å². The minimum Gasteiger partial charge on any atom is -0.465 e. The second-order valence-electron chi connectivity index (χ2n) is 5.38. The molecule has 1 saturated carbocycles. The van der Waals surface area contributed by atoms with E-state index in [0.29, 0.717) is 18.6 Å². The van der Waals surface area contributed by atoms with Crippen LogP contribution in [0.15, 0.2) is 0 Å². The van der Waals surface area contributed by atoms with Crippen LogP contribution in [0.4, 0.5) is 4.79 Å². The van der Waals surface area contributed by atoms with Gasteiger partial charge in [0.2, 0.25) is 0 Å². The van der Waals surface area contributed by atoms with Gasteiger partial charge in [0.25, 0.3) is 0 Å². The van der Waals surface area contributed by atoms with Crippen molar-refractivity contribution in [1.82, 2.24) is 4.90 Å². The van der Waals surface area contributed by atoms with Gasteiger partial charge in [0.1, 0.15) is 5.78 Å². The standard InChI is InChI=1S/C11H15NO3/c13-9-5-11(6-9)3-7-1-2-8(4-11)12(7)10(14)15/h7-8H,1-6H2,(H,14,15). The number of amides is 1.